The fourth-order valence-corrected chi connectivity index (χ4v) is 2.35. The molecule has 1 aliphatic rings. The lowest BCUT2D eigenvalue weighted by Crippen LogP contribution is -1.94. The third-order valence-electron chi connectivity index (χ3n) is 3.32. The molecule has 1 aromatic carbocycles. The van der Waals surface area contributed by atoms with Gasteiger partial charge in [-0.2, -0.15) is 0 Å². The van der Waals surface area contributed by atoms with Crippen LogP contribution < -0.4 is 4.74 Å². The Morgan fingerprint density at radius 1 is 1.25 bits per heavy atom. The van der Waals surface area contributed by atoms with Crippen LogP contribution in [-0.2, 0) is 0 Å². The van der Waals surface area contributed by atoms with Crippen LogP contribution in [0.1, 0.15) is 49.7 Å². The maximum atomic E-state index is 5.24. The molecule has 0 saturated heterocycles. The van der Waals surface area contributed by atoms with Gasteiger partial charge in [-0.3, -0.25) is 0 Å². The van der Waals surface area contributed by atoms with E-state index < -0.39 is 0 Å². The highest BCUT2D eigenvalue weighted by Gasteiger charge is 2.16. The molecule has 0 fully saturated rings. The van der Waals surface area contributed by atoms with E-state index in [1.807, 2.05) is 0 Å². The highest BCUT2D eigenvalue weighted by molar-refractivity contribution is 5.64. The van der Waals surface area contributed by atoms with Crippen molar-refractivity contribution in [1.29, 1.82) is 0 Å². The predicted octanol–water partition coefficient (Wildman–Crippen LogP) is 4.39. The zero-order chi connectivity index (χ0) is 11.4. The molecule has 1 heteroatoms. The Morgan fingerprint density at radius 2 is 2.12 bits per heavy atom. The molecule has 16 heavy (non-hydrogen) atoms. The predicted molar refractivity (Wildman–Crippen MR) is 68.9 cm³/mol. The summed E-state index contributed by atoms with van der Waals surface area (Å²) in [6.07, 6.45) is 9.82. The summed E-state index contributed by atoms with van der Waals surface area (Å²) in [5, 5.41) is 0. The van der Waals surface area contributed by atoms with Crippen LogP contribution in [0.3, 0.4) is 0 Å². The second-order valence-electron chi connectivity index (χ2n) is 4.46. The first-order valence-electron chi connectivity index (χ1n) is 6.21. The van der Waals surface area contributed by atoms with Gasteiger partial charge in [0.25, 0.3) is 0 Å². The van der Waals surface area contributed by atoms with Gasteiger partial charge in [-0.1, -0.05) is 44.4 Å². The normalized spacial score (nSPS) is 17.5. The van der Waals surface area contributed by atoms with E-state index in [-0.39, 0.29) is 0 Å². The molecule has 1 unspecified atom stereocenters. The minimum absolute atomic E-state index is 0.632. The Morgan fingerprint density at radius 3 is 2.88 bits per heavy atom. The van der Waals surface area contributed by atoms with Crippen molar-refractivity contribution in [2.75, 3.05) is 7.11 Å². The number of methoxy groups -OCH3 is 1. The molecular weight excluding hydrogens is 196 g/mol. The van der Waals surface area contributed by atoms with Crippen LogP contribution in [-0.4, -0.2) is 7.11 Å². The number of hydrogen-bond donors (Lipinski definition) is 0. The summed E-state index contributed by atoms with van der Waals surface area (Å²) in [5.74, 6) is 1.59. The molecule has 0 aliphatic heterocycles. The monoisotopic (exact) mass is 216 g/mol. The standard InChI is InChI=1S/C15H20O/c1-3-4-5-6-12-7-8-13-11-14(16-2)9-10-15(12)13/h7-12H,3-6H2,1-2H3. The zero-order valence-corrected chi connectivity index (χ0v) is 10.2. The summed E-state index contributed by atoms with van der Waals surface area (Å²) in [5.41, 5.74) is 2.80. The van der Waals surface area contributed by atoms with E-state index in [2.05, 4.69) is 37.3 Å². The summed E-state index contributed by atoms with van der Waals surface area (Å²) in [7, 11) is 1.72. The second-order valence-corrected chi connectivity index (χ2v) is 4.46. The first kappa shape index (κ1) is 11.3. The van der Waals surface area contributed by atoms with Gasteiger partial charge < -0.3 is 4.74 Å². The van der Waals surface area contributed by atoms with Gasteiger partial charge in [0, 0.05) is 5.92 Å². The van der Waals surface area contributed by atoms with Gasteiger partial charge >= 0.3 is 0 Å². The molecule has 1 aliphatic carbocycles. The maximum absolute atomic E-state index is 5.24. The van der Waals surface area contributed by atoms with Gasteiger partial charge in [-0.05, 0) is 29.7 Å². The Hall–Kier alpha value is -1.24. The van der Waals surface area contributed by atoms with Crippen LogP contribution in [0.2, 0.25) is 0 Å². The molecule has 1 atom stereocenters. The van der Waals surface area contributed by atoms with Crippen molar-refractivity contribution in [3.8, 4) is 5.75 Å². The average Bonchev–Trinajstić information content (AvgIpc) is 2.72. The Labute approximate surface area is 98.1 Å². The van der Waals surface area contributed by atoms with Gasteiger partial charge in [0.05, 0.1) is 7.11 Å². The number of fused-ring (bicyclic) bond motifs is 1. The van der Waals surface area contributed by atoms with Gasteiger partial charge in [-0.25, -0.2) is 0 Å². The van der Waals surface area contributed by atoms with E-state index in [0.717, 1.165) is 5.75 Å². The Balaban J connectivity index is 2.05. The quantitative estimate of drug-likeness (QED) is 0.663. The van der Waals surface area contributed by atoms with Crippen molar-refractivity contribution in [3.05, 3.63) is 35.4 Å². The second kappa shape index (κ2) is 5.20. The molecule has 0 radical (unpaired) electrons. The molecule has 0 amide bonds. The molecule has 86 valence electrons. The topological polar surface area (TPSA) is 9.23 Å². The molecule has 2 rings (SSSR count). The van der Waals surface area contributed by atoms with Crippen LogP contribution in [0, 0.1) is 0 Å². The highest BCUT2D eigenvalue weighted by atomic mass is 16.5. The van der Waals surface area contributed by atoms with E-state index in [4.69, 9.17) is 4.74 Å². The number of unbranched alkanes of at least 4 members (excludes halogenated alkanes) is 2. The molecule has 0 aromatic heterocycles. The zero-order valence-electron chi connectivity index (χ0n) is 10.2. The maximum Gasteiger partial charge on any atom is 0.119 e. The summed E-state index contributed by atoms with van der Waals surface area (Å²) in [6, 6.07) is 6.41. The SMILES string of the molecule is CCCCCC1C=Cc2cc(OC)ccc21. The molecule has 1 aromatic rings. The molecule has 1 nitrogen and oxygen atoms in total. The molecule has 0 bridgehead atoms. The lowest BCUT2D eigenvalue weighted by atomic mass is 9.95. The third-order valence-corrected chi connectivity index (χ3v) is 3.32. The lowest BCUT2D eigenvalue weighted by Gasteiger charge is -2.11. The summed E-state index contributed by atoms with van der Waals surface area (Å²) in [4.78, 5) is 0. The Bertz CT molecular complexity index is 379. The van der Waals surface area contributed by atoms with Crippen LogP contribution in [0.5, 0.6) is 5.75 Å². The van der Waals surface area contributed by atoms with Crippen molar-refractivity contribution < 1.29 is 4.74 Å². The highest BCUT2D eigenvalue weighted by Crippen LogP contribution is 2.35. The largest absolute Gasteiger partial charge is 0.497 e. The van der Waals surface area contributed by atoms with Crippen LogP contribution in [0.4, 0.5) is 0 Å². The lowest BCUT2D eigenvalue weighted by molar-refractivity contribution is 0.414. The number of benzene rings is 1. The van der Waals surface area contributed by atoms with Gasteiger partial charge in [0.1, 0.15) is 5.75 Å². The fourth-order valence-electron chi connectivity index (χ4n) is 2.35. The van der Waals surface area contributed by atoms with Crippen molar-refractivity contribution in [3.63, 3.8) is 0 Å². The van der Waals surface area contributed by atoms with Crippen molar-refractivity contribution in [2.24, 2.45) is 0 Å². The van der Waals surface area contributed by atoms with Gasteiger partial charge in [-0.15, -0.1) is 0 Å². The van der Waals surface area contributed by atoms with E-state index in [9.17, 15) is 0 Å². The van der Waals surface area contributed by atoms with Crippen LogP contribution in [0.25, 0.3) is 6.08 Å². The summed E-state index contributed by atoms with van der Waals surface area (Å²) >= 11 is 0. The van der Waals surface area contributed by atoms with Crippen LogP contribution >= 0.6 is 0 Å². The van der Waals surface area contributed by atoms with Gasteiger partial charge in [0.2, 0.25) is 0 Å². The molecule has 0 spiro atoms. The average molecular weight is 216 g/mol. The van der Waals surface area contributed by atoms with E-state index in [1.165, 1.54) is 36.8 Å². The van der Waals surface area contributed by atoms with Gasteiger partial charge in [0.15, 0.2) is 0 Å². The first-order chi connectivity index (χ1) is 7.85. The fraction of sp³-hybridized carbons (Fsp3) is 0.467. The molecule has 0 saturated carbocycles. The number of rotatable bonds is 5. The van der Waals surface area contributed by atoms with Crippen molar-refractivity contribution in [1.82, 2.24) is 0 Å². The Kier molecular flexibility index (Phi) is 3.66. The first-order valence-corrected chi connectivity index (χ1v) is 6.21. The minimum atomic E-state index is 0.632. The molecular formula is C15H20O. The van der Waals surface area contributed by atoms with E-state index >= 15 is 0 Å². The molecule has 0 heterocycles. The number of allylic oxidation sites excluding steroid dienone is 1. The van der Waals surface area contributed by atoms with E-state index in [1.54, 1.807) is 7.11 Å². The molecule has 0 N–H and O–H groups in total. The number of hydrogen-bond acceptors (Lipinski definition) is 1. The summed E-state index contributed by atoms with van der Waals surface area (Å²) < 4.78 is 5.24. The third kappa shape index (κ3) is 2.29. The van der Waals surface area contributed by atoms with Crippen molar-refractivity contribution in [2.45, 2.75) is 38.5 Å². The van der Waals surface area contributed by atoms with Crippen molar-refractivity contribution >= 4 is 6.08 Å². The smallest absolute Gasteiger partial charge is 0.119 e. The van der Waals surface area contributed by atoms with E-state index in [0.29, 0.717) is 5.92 Å². The summed E-state index contributed by atoms with van der Waals surface area (Å²) in [6.45, 7) is 2.25. The number of ether oxygens (including phenoxy) is 1. The van der Waals surface area contributed by atoms with Crippen LogP contribution in [0.15, 0.2) is 24.3 Å². The minimum Gasteiger partial charge on any atom is -0.497 e.